The van der Waals surface area contributed by atoms with E-state index in [1.165, 1.54) is 0 Å². The van der Waals surface area contributed by atoms with Gasteiger partial charge in [-0.2, -0.15) is 0 Å². The maximum absolute atomic E-state index is 13.2. The van der Waals surface area contributed by atoms with Gasteiger partial charge < -0.3 is 15.0 Å². The molecule has 0 aliphatic heterocycles. The molecule has 0 radical (unpaired) electrons. The second kappa shape index (κ2) is 11.5. The molecule has 0 saturated carbocycles. The Morgan fingerprint density at radius 2 is 1.83 bits per heavy atom. The van der Waals surface area contributed by atoms with Gasteiger partial charge in [0.1, 0.15) is 11.8 Å². The zero-order valence-electron chi connectivity index (χ0n) is 17.3. The summed E-state index contributed by atoms with van der Waals surface area (Å²) in [6.07, 6.45) is 1.55. The number of hydrogen-bond donors (Lipinski definition) is 1. The Morgan fingerprint density at radius 3 is 2.48 bits per heavy atom. The van der Waals surface area contributed by atoms with E-state index in [0.29, 0.717) is 30.3 Å². The topological polar surface area (TPSA) is 58.6 Å². The van der Waals surface area contributed by atoms with Crippen LogP contribution in [0.4, 0.5) is 0 Å². The van der Waals surface area contributed by atoms with Crippen molar-refractivity contribution in [1.29, 1.82) is 0 Å². The molecule has 2 aromatic rings. The fourth-order valence-corrected chi connectivity index (χ4v) is 3.39. The van der Waals surface area contributed by atoms with E-state index in [9.17, 15) is 9.59 Å². The number of carbonyl (C=O) groups excluding carboxylic acids is 2. The lowest BCUT2D eigenvalue weighted by Crippen LogP contribution is -2.49. The molecule has 1 atom stereocenters. The van der Waals surface area contributed by atoms with E-state index in [1.807, 2.05) is 50.2 Å². The number of carbonyl (C=O) groups is 2. The van der Waals surface area contributed by atoms with Gasteiger partial charge in [0, 0.05) is 18.1 Å². The molecular formula is C23H29ClN2O3. The zero-order valence-corrected chi connectivity index (χ0v) is 18.0. The van der Waals surface area contributed by atoms with Crippen molar-refractivity contribution >= 4 is 23.4 Å². The minimum Gasteiger partial charge on any atom is -0.497 e. The number of methoxy groups -OCH3 is 1. The number of hydrogen-bond acceptors (Lipinski definition) is 3. The molecule has 0 bridgehead atoms. The highest BCUT2D eigenvalue weighted by Gasteiger charge is 2.28. The fourth-order valence-electron chi connectivity index (χ4n) is 3.18. The van der Waals surface area contributed by atoms with Crippen LogP contribution in [-0.2, 0) is 22.6 Å². The van der Waals surface area contributed by atoms with Crippen molar-refractivity contribution in [3.8, 4) is 5.75 Å². The Labute approximate surface area is 178 Å². The first-order chi connectivity index (χ1) is 14.0. The molecule has 0 unspecified atom stereocenters. The zero-order chi connectivity index (χ0) is 21.2. The molecule has 0 spiro atoms. The number of halogens is 1. The molecule has 0 aromatic heterocycles. The molecule has 0 fully saturated rings. The van der Waals surface area contributed by atoms with Crippen LogP contribution in [0.25, 0.3) is 0 Å². The van der Waals surface area contributed by atoms with Gasteiger partial charge in [0.05, 0.1) is 13.5 Å². The van der Waals surface area contributed by atoms with Crippen LogP contribution in [0.5, 0.6) is 5.75 Å². The number of nitrogens with zero attached hydrogens (tertiary/aromatic N) is 1. The number of amides is 2. The number of nitrogens with one attached hydrogen (secondary N) is 1. The second-order valence-electron chi connectivity index (χ2n) is 6.89. The molecule has 0 aliphatic carbocycles. The first-order valence-electron chi connectivity index (χ1n) is 9.93. The van der Waals surface area contributed by atoms with Gasteiger partial charge in [0.2, 0.25) is 11.8 Å². The van der Waals surface area contributed by atoms with Gasteiger partial charge >= 0.3 is 0 Å². The van der Waals surface area contributed by atoms with Crippen LogP contribution < -0.4 is 10.1 Å². The quantitative estimate of drug-likeness (QED) is 0.630. The Morgan fingerprint density at radius 1 is 1.10 bits per heavy atom. The average Bonchev–Trinajstić information content (AvgIpc) is 2.72. The van der Waals surface area contributed by atoms with Crippen LogP contribution in [0, 0.1) is 0 Å². The maximum Gasteiger partial charge on any atom is 0.242 e. The summed E-state index contributed by atoms with van der Waals surface area (Å²) in [5, 5.41) is 3.51. The van der Waals surface area contributed by atoms with Crippen molar-refractivity contribution in [3.63, 3.8) is 0 Å². The summed E-state index contributed by atoms with van der Waals surface area (Å²) in [6.45, 7) is 4.83. The van der Waals surface area contributed by atoms with Crippen molar-refractivity contribution in [1.82, 2.24) is 10.2 Å². The summed E-state index contributed by atoms with van der Waals surface area (Å²) in [5.74, 6) is 0.471. The van der Waals surface area contributed by atoms with Crippen molar-refractivity contribution in [3.05, 3.63) is 64.7 Å². The lowest BCUT2D eigenvalue weighted by Gasteiger charge is -2.31. The molecule has 2 amide bonds. The van der Waals surface area contributed by atoms with E-state index in [2.05, 4.69) is 5.32 Å². The van der Waals surface area contributed by atoms with E-state index in [4.69, 9.17) is 16.3 Å². The molecular weight excluding hydrogens is 388 g/mol. The third kappa shape index (κ3) is 6.79. The third-order valence-corrected chi connectivity index (χ3v) is 4.90. The van der Waals surface area contributed by atoms with Crippen molar-refractivity contribution in [2.24, 2.45) is 0 Å². The van der Waals surface area contributed by atoms with Crippen LogP contribution in [-0.4, -0.2) is 36.4 Å². The largest absolute Gasteiger partial charge is 0.497 e. The smallest absolute Gasteiger partial charge is 0.242 e. The molecule has 6 heteroatoms. The molecule has 0 aliphatic rings. The van der Waals surface area contributed by atoms with E-state index in [0.717, 1.165) is 17.5 Å². The Bertz CT molecular complexity index is 825. The minimum atomic E-state index is -0.542. The normalized spacial score (nSPS) is 11.6. The average molecular weight is 417 g/mol. The van der Waals surface area contributed by atoms with Gasteiger partial charge in [0.25, 0.3) is 0 Å². The molecule has 0 heterocycles. The Hall–Kier alpha value is -2.53. The Kier molecular flexibility index (Phi) is 9.00. The van der Waals surface area contributed by atoms with Crippen molar-refractivity contribution < 1.29 is 14.3 Å². The van der Waals surface area contributed by atoms with Gasteiger partial charge in [-0.1, -0.05) is 49.7 Å². The van der Waals surface area contributed by atoms with Crippen LogP contribution >= 0.6 is 11.6 Å². The SMILES string of the molecule is CCCNC(=O)[C@@H](CC)N(Cc1cccc(OC)c1)C(=O)Cc1cccc(Cl)c1. The summed E-state index contributed by atoms with van der Waals surface area (Å²) in [6, 6.07) is 14.2. The first kappa shape index (κ1) is 22.8. The predicted molar refractivity (Wildman–Crippen MR) is 116 cm³/mol. The summed E-state index contributed by atoms with van der Waals surface area (Å²) >= 11 is 6.07. The van der Waals surface area contributed by atoms with E-state index in [1.54, 1.807) is 24.1 Å². The van der Waals surface area contributed by atoms with Gasteiger partial charge in [-0.15, -0.1) is 0 Å². The Balaban J connectivity index is 2.29. The highest BCUT2D eigenvalue weighted by atomic mass is 35.5. The summed E-state index contributed by atoms with van der Waals surface area (Å²) in [7, 11) is 1.61. The van der Waals surface area contributed by atoms with Crippen LogP contribution in [0.1, 0.15) is 37.8 Å². The fraction of sp³-hybridized carbons (Fsp3) is 0.391. The predicted octanol–water partition coefficient (Wildman–Crippen LogP) is 4.22. The lowest BCUT2D eigenvalue weighted by atomic mass is 10.1. The maximum atomic E-state index is 13.2. The lowest BCUT2D eigenvalue weighted by molar-refractivity contribution is -0.140. The third-order valence-electron chi connectivity index (χ3n) is 4.67. The van der Waals surface area contributed by atoms with Gasteiger partial charge in [-0.05, 0) is 48.2 Å². The van der Waals surface area contributed by atoms with Crippen molar-refractivity contribution in [2.45, 2.75) is 45.7 Å². The summed E-state index contributed by atoms with van der Waals surface area (Å²) in [4.78, 5) is 27.6. The molecule has 2 aromatic carbocycles. The van der Waals surface area contributed by atoms with Crippen LogP contribution in [0.15, 0.2) is 48.5 Å². The minimum absolute atomic E-state index is 0.117. The molecule has 1 N–H and O–H groups in total. The molecule has 0 saturated heterocycles. The van der Waals surface area contributed by atoms with E-state index >= 15 is 0 Å². The van der Waals surface area contributed by atoms with Crippen LogP contribution in [0.2, 0.25) is 5.02 Å². The highest BCUT2D eigenvalue weighted by molar-refractivity contribution is 6.30. The van der Waals surface area contributed by atoms with Gasteiger partial charge in [-0.3, -0.25) is 9.59 Å². The standard InChI is InChI=1S/C23H29ClN2O3/c1-4-12-25-23(28)21(5-2)26(16-18-9-7-11-20(14-18)29-3)22(27)15-17-8-6-10-19(24)13-17/h6-11,13-14,21H,4-5,12,15-16H2,1-3H3,(H,25,28)/t21-/m1/s1. The second-order valence-corrected chi connectivity index (χ2v) is 7.33. The molecule has 156 valence electrons. The van der Waals surface area contributed by atoms with E-state index in [-0.39, 0.29) is 18.2 Å². The summed E-state index contributed by atoms with van der Waals surface area (Å²) < 4.78 is 5.30. The number of rotatable bonds is 10. The van der Waals surface area contributed by atoms with Crippen LogP contribution in [0.3, 0.4) is 0 Å². The van der Waals surface area contributed by atoms with Crippen molar-refractivity contribution in [2.75, 3.05) is 13.7 Å². The molecule has 2 rings (SSSR count). The first-order valence-corrected chi connectivity index (χ1v) is 10.3. The summed E-state index contributed by atoms with van der Waals surface area (Å²) in [5.41, 5.74) is 1.73. The molecule has 29 heavy (non-hydrogen) atoms. The number of benzene rings is 2. The monoisotopic (exact) mass is 416 g/mol. The highest BCUT2D eigenvalue weighted by Crippen LogP contribution is 2.19. The molecule has 5 nitrogen and oxygen atoms in total. The van der Waals surface area contributed by atoms with E-state index < -0.39 is 6.04 Å². The van der Waals surface area contributed by atoms with Gasteiger partial charge in [0.15, 0.2) is 0 Å². The number of ether oxygens (including phenoxy) is 1. The van der Waals surface area contributed by atoms with Gasteiger partial charge in [-0.25, -0.2) is 0 Å².